The number of anilines is 1. The van der Waals surface area contributed by atoms with Crippen molar-refractivity contribution < 1.29 is 18.7 Å². The van der Waals surface area contributed by atoms with Crippen LogP contribution in [0.1, 0.15) is 25.7 Å². The number of hydrogen-bond acceptors (Lipinski definition) is 3. The molecule has 0 spiro atoms. The zero-order valence-electron chi connectivity index (χ0n) is 15.0. The Kier molecular flexibility index (Phi) is 6.44. The summed E-state index contributed by atoms with van der Waals surface area (Å²) in [5.41, 5.74) is 0.584. The number of rotatable bonds is 4. The van der Waals surface area contributed by atoms with E-state index in [0.29, 0.717) is 57.4 Å². The van der Waals surface area contributed by atoms with Crippen LogP contribution < -0.4 is 5.32 Å². The number of piperidine rings is 1. The Morgan fingerprint density at radius 3 is 2.58 bits per heavy atom. The molecule has 0 unspecified atom stereocenters. The second-order valence-electron chi connectivity index (χ2n) is 6.92. The van der Waals surface area contributed by atoms with Crippen molar-refractivity contribution in [2.24, 2.45) is 5.92 Å². The summed E-state index contributed by atoms with van der Waals surface area (Å²) in [5, 5.41) is 2.81. The number of carbonyl (C=O) groups excluding carboxylic acids is 2. The van der Waals surface area contributed by atoms with E-state index in [1.807, 2.05) is 4.90 Å². The Bertz CT molecular complexity index is 617. The summed E-state index contributed by atoms with van der Waals surface area (Å²) in [6.07, 6.45) is 3.30. The standard InChI is InChI=1S/C19H26FN3O3/c20-16-4-6-17(7-5-16)21-19(25)23-9-1-2-15(14-23)3-8-18(24)22-10-12-26-13-11-22/h4-7,15H,1-3,8-14H2,(H,21,25)/t15-/m1/s1. The molecule has 2 fully saturated rings. The second-order valence-corrected chi connectivity index (χ2v) is 6.92. The van der Waals surface area contributed by atoms with E-state index < -0.39 is 0 Å². The molecule has 1 aromatic rings. The first-order chi connectivity index (χ1) is 12.6. The third-order valence-corrected chi connectivity index (χ3v) is 5.03. The minimum atomic E-state index is -0.328. The van der Waals surface area contributed by atoms with Crippen LogP contribution in [0.2, 0.25) is 0 Å². The molecule has 2 heterocycles. The van der Waals surface area contributed by atoms with Gasteiger partial charge >= 0.3 is 6.03 Å². The highest BCUT2D eigenvalue weighted by Gasteiger charge is 2.25. The molecule has 1 aromatic carbocycles. The van der Waals surface area contributed by atoms with Crippen molar-refractivity contribution in [3.8, 4) is 0 Å². The first-order valence-electron chi connectivity index (χ1n) is 9.29. The van der Waals surface area contributed by atoms with E-state index in [9.17, 15) is 14.0 Å². The average molecular weight is 363 g/mol. The summed E-state index contributed by atoms with van der Waals surface area (Å²) in [6.45, 7) is 3.95. The summed E-state index contributed by atoms with van der Waals surface area (Å²) in [7, 11) is 0. The summed E-state index contributed by atoms with van der Waals surface area (Å²) >= 11 is 0. The molecule has 3 amide bonds. The van der Waals surface area contributed by atoms with Crippen molar-refractivity contribution in [2.45, 2.75) is 25.7 Å². The number of hydrogen-bond donors (Lipinski definition) is 1. The van der Waals surface area contributed by atoms with E-state index in [1.165, 1.54) is 12.1 Å². The van der Waals surface area contributed by atoms with E-state index in [4.69, 9.17) is 4.74 Å². The number of nitrogens with zero attached hydrogens (tertiary/aromatic N) is 2. The lowest BCUT2D eigenvalue weighted by atomic mass is 9.93. The molecule has 2 saturated heterocycles. The number of amides is 3. The zero-order chi connectivity index (χ0) is 18.4. The maximum atomic E-state index is 13.0. The van der Waals surface area contributed by atoms with Crippen LogP contribution in [0.4, 0.5) is 14.9 Å². The molecule has 0 aromatic heterocycles. The minimum absolute atomic E-state index is 0.166. The van der Waals surface area contributed by atoms with Crippen LogP contribution in [0.3, 0.4) is 0 Å². The molecule has 3 rings (SSSR count). The van der Waals surface area contributed by atoms with Crippen LogP contribution in [-0.2, 0) is 9.53 Å². The lowest BCUT2D eigenvalue weighted by molar-refractivity contribution is -0.135. The van der Waals surface area contributed by atoms with Gasteiger partial charge in [-0.15, -0.1) is 0 Å². The maximum absolute atomic E-state index is 13.0. The minimum Gasteiger partial charge on any atom is -0.378 e. The third-order valence-electron chi connectivity index (χ3n) is 5.03. The number of ether oxygens (including phenoxy) is 1. The molecule has 0 radical (unpaired) electrons. The highest BCUT2D eigenvalue weighted by Crippen LogP contribution is 2.22. The van der Waals surface area contributed by atoms with Gasteiger partial charge in [0, 0.05) is 38.3 Å². The van der Waals surface area contributed by atoms with Gasteiger partial charge in [-0.3, -0.25) is 4.79 Å². The summed E-state index contributed by atoms with van der Waals surface area (Å²) in [5.74, 6) is 0.194. The average Bonchev–Trinajstić information content (AvgIpc) is 2.69. The molecule has 26 heavy (non-hydrogen) atoms. The highest BCUT2D eigenvalue weighted by atomic mass is 19.1. The van der Waals surface area contributed by atoms with Gasteiger partial charge < -0.3 is 19.9 Å². The first-order valence-corrected chi connectivity index (χ1v) is 9.29. The van der Waals surface area contributed by atoms with Gasteiger partial charge in [-0.1, -0.05) is 0 Å². The van der Waals surface area contributed by atoms with E-state index in [0.717, 1.165) is 19.3 Å². The fourth-order valence-electron chi connectivity index (χ4n) is 3.52. The lowest BCUT2D eigenvalue weighted by Gasteiger charge is -2.33. The largest absolute Gasteiger partial charge is 0.378 e. The molecular weight excluding hydrogens is 337 g/mol. The topological polar surface area (TPSA) is 61.9 Å². The molecule has 2 aliphatic heterocycles. The van der Waals surface area contributed by atoms with Crippen LogP contribution in [-0.4, -0.2) is 61.1 Å². The van der Waals surface area contributed by atoms with E-state index in [-0.39, 0.29) is 17.8 Å². The normalized spacial score (nSPS) is 20.7. The number of likely N-dealkylation sites (tertiary alicyclic amines) is 1. The molecule has 0 aliphatic carbocycles. The van der Waals surface area contributed by atoms with Crippen LogP contribution in [0, 0.1) is 11.7 Å². The van der Waals surface area contributed by atoms with Gasteiger partial charge in [-0.2, -0.15) is 0 Å². The Hall–Kier alpha value is -2.15. The van der Waals surface area contributed by atoms with Crippen molar-refractivity contribution in [3.63, 3.8) is 0 Å². The molecule has 0 bridgehead atoms. The summed E-state index contributed by atoms with van der Waals surface area (Å²) in [4.78, 5) is 28.3. The Balaban J connectivity index is 1.45. The van der Waals surface area contributed by atoms with Gasteiger partial charge in [0.15, 0.2) is 0 Å². The Morgan fingerprint density at radius 2 is 1.85 bits per heavy atom. The number of benzene rings is 1. The molecule has 1 atom stereocenters. The van der Waals surface area contributed by atoms with Gasteiger partial charge in [-0.05, 0) is 49.4 Å². The van der Waals surface area contributed by atoms with Crippen molar-refractivity contribution in [1.29, 1.82) is 0 Å². The predicted molar refractivity (Wildman–Crippen MR) is 96.3 cm³/mol. The smallest absolute Gasteiger partial charge is 0.321 e. The lowest BCUT2D eigenvalue weighted by Crippen LogP contribution is -2.43. The monoisotopic (exact) mass is 363 g/mol. The van der Waals surface area contributed by atoms with Crippen molar-refractivity contribution in [3.05, 3.63) is 30.1 Å². The first kappa shape index (κ1) is 18.6. The molecule has 2 aliphatic rings. The van der Waals surface area contributed by atoms with Crippen LogP contribution in [0.15, 0.2) is 24.3 Å². The Morgan fingerprint density at radius 1 is 1.12 bits per heavy atom. The van der Waals surface area contributed by atoms with Crippen molar-refractivity contribution >= 4 is 17.6 Å². The second kappa shape index (κ2) is 8.98. The number of morpholine rings is 1. The molecule has 7 heteroatoms. The van der Waals surface area contributed by atoms with Crippen molar-refractivity contribution in [1.82, 2.24) is 9.80 Å². The van der Waals surface area contributed by atoms with Crippen LogP contribution in [0.25, 0.3) is 0 Å². The van der Waals surface area contributed by atoms with Crippen molar-refractivity contribution in [2.75, 3.05) is 44.7 Å². The van der Waals surface area contributed by atoms with E-state index >= 15 is 0 Å². The fraction of sp³-hybridized carbons (Fsp3) is 0.579. The summed E-state index contributed by atoms with van der Waals surface area (Å²) in [6, 6.07) is 5.59. The number of carbonyl (C=O) groups is 2. The zero-order valence-corrected chi connectivity index (χ0v) is 15.0. The van der Waals surface area contributed by atoms with Gasteiger partial charge in [0.1, 0.15) is 5.82 Å². The Labute approximate surface area is 153 Å². The predicted octanol–water partition coefficient (Wildman–Crippen LogP) is 2.71. The molecule has 0 saturated carbocycles. The van der Waals surface area contributed by atoms with Gasteiger partial charge in [0.25, 0.3) is 0 Å². The quantitative estimate of drug-likeness (QED) is 0.895. The van der Waals surface area contributed by atoms with Gasteiger partial charge in [0.05, 0.1) is 13.2 Å². The number of halogens is 1. The third kappa shape index (κ3) is 5.17. The summed E-state index contributed by atoms with van der Waals surface area (Å²) < 4.78 is 18.2. The fourth-order valence-corrected chi connectivity index (χ4v) is 3.52. The highest BCUT2D eigenvalue weighted by molar-refractivity contribution is 5.89. The van der Waals surface area contributed by atoms with Crippen LogP contribution in [0.5, 0.6) is 0 Å². The number of urea groups is 1. The van der Waals surface area contributed by atoms with Gasteiger partial charge in [-0.25, -0.2) is 9.18 Å². The van der Waals surface area contributed by atoms with Gasteiger partial charge in [0.2, 0.25) is 5.91 Å². The maximum Gasteiger partial charge on any atom is 0.321 e. The van der Waals surface area contributed by atoms with Crippen LogP contribution >= 0.6 is 0 Å². The van der Waals surface area contributed by atoms with E-state index in [1.54, 1.807) is 17.0 Å². The number of nitrogens with one attached hydrogen (secondary N) is 1. The SMILES string of the molecule is O=C(CC[C@H]1CCCN(C(=O)Nc2ccc(F)cc2)C1)N1CCOCC1. The molecule has 6 nitrogen and oxygen atoms in total. The molecule has 1 N–H and O–H groups in total. The molecule has 142 valence electrons. The molecular formula is C19H26FN3O3. The van der Waals surface area contributed by atoms with E-state index in [2.05, 4.69) is 5.32 Å².